The van der Waals surface area contributed by atoms with E-state index in [1.54, 1.807) is 16.8 Å². The second-order valence-electron chi connectivity index (χ2n) is 3.08. The van der Waals surface area contributed by atoms with Crippen molar-refractivity contribution in [3.8, 4) is 0 Å². The van der Waals surface area contributed by atoms with Gasteiger partial charge in [0, 0.05) is 17.6 Å². The molecule has 0 amide bonds. The van der Waals surface area contributed by atoms with Crippen molar-refractivity contribution < 1.29 is 5.21 Å². The van der Waals surface area contributed by atoms with Crippen molar-refractivity contribution in [3.05, 3.63) is 16.6 Å². The summed E-state index contributed by atoms with van der Waals surface area (Å²) in [7, 11) is 1.92. The van der Waals surface area contributed by atoms with Crippen LogP contribution in [0.2, 0.25) is 0 Å². The lowest BCUT2D eigenvalue weighted by Gasteiger charge is -2.22. The quantitative estimate of drug-likeness (QED) is 0.335. The van der Waals surface area contributed by atoms with Gasteiger partial charge in [0.25, 0.3) is 0 Å². The van der Waals surface area contributed by atoms with Gasteiger partial charge in [-0.25, -0.2) is 0 Å². The van der Waals surface area contributed by atoms with Crippen LogP contribution in [0.5, 0.6) is 0 Å². The maximum atomic E-state index is 8.51. The third kappa shape index (κ3) is 2.68. The zero-order valence-corrected chi connectivity index (χ0v) is 9.03. The Morgan fingerprint density at radius 2 is 2.57 bits per heavy atom. The van der Waals surface area contributed by atoms with Crippen LogP contribution < -0.4 is 5.73 Å². The fourth-order valence-corrected chi connectivity index (χ4v) is 1.67. The van der Waals surface area contributed by atoms with Crippen LogP contribution in [0.15, 0.2) is 16.9 Å². The first-order chi connectivity index (χ1) is 6.65. The van der Waals surface area contributed by atoms with Gasteiger partial charge >= 0.3 is 0 Å². The Labute approximate surface area is 86.9 Å². The molecule has 5 nitrogen and oxygen atoms in total. The van der Waals surface area contributed by atoms with Crippen molar-refractivity contribution in [1.82, 2.24) is 9.88 Å². The molecular weight excluding hydrogens is 200 g/mol. The van der Waals surface area contributed by atoms with Crippen LogP contribution in [-0.4, -0.2) is 34.0 Å². The van der Waals surface area contributed by atoms with Gasteiger partial charge in [-0.2, -0.15) is 0 Å². The SMILES string of the molecule is CC(C(N)=NO)N(C)Cc1cncs1. The first-order valence-electron chi connectivity index (χ1n) is 4.20. The van der Waals surface area contributed by atoms with E-state index in [0.717, 1.165) is 11.4 Å². The fraction of sp³-hybridized carbons (Fsp3) is 0.500. The molecule has 0 aliphatic rings. The van der Waals surface area contributed by atoms with Crippen molar-refractivity contribution >= 4 is 17.2 Å². The Morgan fingerprint density at radius 3 is 3.07 bits per heavy atom. The molecule has 78 valence electrons. The third-order valence-corrected chi connectivity index (χ3v) is 2.86. The van der Waals surface area contributed by atoms with E-state index >= 15 is 0 Å². The van der Waals surface area contributed by atoms with E-state index in [4.69, 9.17) is 10.9 Å². The zero-order chi connectivity index (χ0) is 10.6. The van der Waals surface area contributed by atoms with Crippen LogP contribution in [0.1, 0.15) is 11.8 Å². The maximum Gasteiger partial charge on any atom is 0.156 e. The van der Waals surface area contributed by atoms with Gasteiger partial charge in [0.15, 0.2) is 5.84 Å². The minimum atomic E-state index is -0.0814. The second-order valence-corrected chi connectivity index (χ2v) is 4.05. The summed E-state index contributed by atoms with van der Waals surface area (Å²) in [6, 6.07) is -0.0814. The summed E-state index contributed by atoms with van der Waals surface area (Å²) in [6.07, 6.45) is 1.82. The Bertz CT molecular complexity index is 298. The van der Waals surface area contributed by atoms with E-state index in [1.807, 2.05) is 25.1 Å². The van der Waals surface area contributed by atoms with Crippen LogP contribution in [0.25, 0.3) is 0 Å². The predicted octanol–water partition coefficient (Wildman–Crippen LogP) is 0.710. The highest BCUT2D eigenvalue weighted by molar-refractivity contribution is 7.09. The van der Waals surface area contributed by atoms with E-state index in [-0.39, 0.29) is 11.9 Å². The molecule has 1 aromatic rings. The summed E-state index contributed by atoms with van der Waals surface area (Å²) < 4.78 is 0. The predicted molar refractivity (Wildman–Crippen MR) is 56.5 cm³/mol. The largest absolute Gasteiger partial charge is 0.409 e. The fourth-order valence-electron chi connectivity index (χ4n) is 1.01. The Morgan fingerprint density at radius 1 is 1.86 bits per heavy atom. The Kier molecular flexibility index (Phi) is 3.84. The van der Waals surface area contributed by atoms with Gasteiger partial charge in [-0.15, -0.1) is 11.3 Å². The summed E-state index contributed by atoms with van der Waals surface area (Å²) in [5, 5.41) is 11.5. The lowest BCUT2D eigenvalue weighted by Crippen LogP contribution is -2.39. The minimum absolute atomic E-state index is 0.0814. The van der Waals surface area contributed by atoms with Crippen molar-refractivity contribution in [2.45, 2.75) is 19.5 Å². The highest BCUT2D eigenvalue weighted by Gasteiger charge is 2.14. The Balaban J connectivity index is 2.54. The van der Waals surface area contributed by atoms with Crippen molar-refractivity contribution in [2.24, 2.45) is 10.9 Å². The maximum absolute atomic E-state index is 8.51. The van der Waals surface area contributed by atoms with Crippen LogP contribution in [0.3, 0.4) is 0 Å². The van der Waals surface area contributed by atoms with E-state index < -0.39 is 0 Å². The normalized spacial score (nSPS) is 14.6. The van der Waals surface area contributed by atoms with E-state index in [2.05, 4.69) is 10.1 Å². The summed E-state index contributed by atoms with van der Waals surface area (Å²) in [5.74, 6) is 0.219. The van der Waals surface area contributed by atoms with E-state index in [0.29, 0.717) is 0 Å². The summed E-state index contributed by atoms with van der Waals surface area (Å²) >= 11 is 1.59. The molecule has 0 aliphatic carbocycles. The van der Waals surface area contributed by atoms with Crippen molar-refractivity contribution in [2.75, 3.05) is 7.05 Å². The molecule has 1 heterocycles. The molecule has 0 spiro atoms. The minimum Gasteiger partial charge on any atom is -0.409 e. The van der Waals surface area contributed by atoms with Crippen LogP contribution in [0, 0.1) is 0 Å². The smallest absolute Gasteiger partial charge is 0.156 e. The molecule has 0 aromatic carbocycles. The lowest BCUT2D eigenvalue weighted by atomic mass is 10.3. The molecule has 3 N–H and O–H groups in total. The summed E-state index contributed by atoms with van der Waals surface area (Å²) in [4.78, 5) is 7.13. The molecule has 1 unspecified atom stereocenters. The summed E-state index contributed by atoms with van der Waals surface area (Å²) in [5.41, 5.74) is 7.28. The van der Waals surface area contributed by atoms with Crippen LogP contribution in [-0.2, 0) is 6.54 Å². The van der Waals surface area contributed by atoms with Crippen LogP contribution >= 0.6 is 11.3 Å². The number of nitrogens with two attached hydrogens (primary N) is 1. The van der Waals surface area contributed by atoms with Gasteiger partial charge in [0.2, 0.25) is 0 Å². The Hall–Kier alpha value is -1.14. The third-order valence-electron chi connectivity index (χ3n) is 2.09. The number of rotatable bonds is 4. The van der Waals surface area contributed by atoms with Crippen molar-refractivity contribution in [1.29, 1.82) is 0 Å². The van der Waals surface area contributed by atoms with Gasteiger partial charge in [0.05, 0.1) is 11.6 Å². The molecular formula is C8H14N4OS. The number of hydrogen-bond donors (Lipinski definition) is 2. The highest BCUT2D eigenvalue weighted by Crippen LogP contribution is 2.10. The standard InChI is InChI=1S/C8H14N4OS/c1-6(8(9)11-13)12(2)4-7-3-10-5-14-7/h3,5-6,13H,4H2,1-2H3,(H2,9,11). The number of thiazole rings is 1. The van der Waals surface area contributed by atoms with Gasteiger partial charge in [-0.05, 0) is 14.0 Å². The molecule has 1 aromatic heterocycles. The lowest BCUT2D eigenvalue weighted by molar-refractivity contribution is 0.280. The molecule has 0 saturated carbocycles. The topological polar surface area (TPSA) is 74.7 Å². The second kappa shape index (κ2) is 4.92. The number of amidine groups is 1. The monoisotopic (exact) mass is 214 g/mol. The first-order valence-corrected chi connectivity index (χ1v) is 5.08. The molecule has 6 heteroatoms. The summed E-state index contributed by atoms with van der Waals surface area (Å²) in [6.45, 7) is 2.64. The van der Waals surface area contributed by atoms with Gasteiger partial charge < -0.3 is 10.9 Å². The van der Waals surface area contributed by atoms with Gasteiger partial charge in [0.1, 0.15) is 0 Å². The average molecular weight is 214 g/mol. The molecule has 0 aliphatic heterocycles. The van der Waals surface area contributed by atoms with Gasteiger partial charge in [-0.3, -0.25) is 9.88 Å². The average Bonchev–Trinajstić information content (AvgIpc) is 2.68. The number of aromatic nitrogens is 1. The number of nitrogens with zero attached hydrogens (tertiary/aromatic N) is 3. The molecule has 0 saturated heterocycles. The highest BCUT2D eigenvalue weighted by atomic mass is 32.1. The molecule has 14 heavy (non-hydrogen) atoms. The van der Waals surface area contributed by atoms with Gasteiger partial charge in [-0.1, -0.05) is 5.16 Å². The van der Waals surface area contributed by atoms with E-state index in [1.165, 1.54) is 0 Å². The molecule has 0 radical (unpaired) electrons. The van der Waals surface area contributed by atoms with Crippen LogP contribution in [0.4, 0.5) is 0 Å². The molecule has 1 rings (SSSR count). The zero-order valence-electron chi connectivity index (χ0n) is 8.21. The first kappa shape index (κ1) is 10.9. The molecule has 1 atom stereocenters. The number of likely N-dealkylation sites (N-methyl/N-ethyl adjacent to an activating group) is 1. The molecule has 0 fully saturated rings. The molecule has 0 bridgehead atoms. The van der Waals surface area contributed by atoms with E-state index in [9.17, 15) is 0 Å². The number of hydrogen-bond acceptors (Lipinski definition) is 5. The van der Waals surface area contributed by atoms with Crippen molar-refractivity contribution in [3.63, 3.8) is 0 Å². The number of oxime groups is 1.